The SMILES string of the molecule is C1=C(c2ccc3c(ccc4ccc5ccccc5c43)c2)CCC(N(c2ccc(-c3ccccc3)cc2)c2cccc(-c3cccc4sc5ccccc5c34)c2)=C1. The van der Waals surface area contributed by atoms with Gasteiger partial charge in [0.1, 0.15) is 0 Å². The Balaban J connectivity index is 1.00. The van der Waals surface area contributed by atoms with Crippen LogP contribution in [0.4, 0.5) is 11.4 Å². The van der Waals surface area contributed by atoms with Gasteiger partial charge in [0.2, 0.25) is 0 Å². The molecule has 0 amide bonds. The molecule has 1 aliphatic carbocycles. The summed E-state index contributed by atoms with van der Waals surface area (Å²) < 4.78 is 2.65. The predicted octanol–water partition coefficient (Wildman–Crippen LogP) is 15.7. The molecule has 2 heteroatoms. The van der Waals surface area contributed by atoms with E-state index in [0.717, 1.165) is 18.5 Å². The minimum atomic E-state index is 0.932. The lowest BCUT2D eigenvalue weighted by molar-refractivity contribution is 0.930. The van der Waals surface area contributed by atoms with Crippen molar-refractivity contribution in [2.45, 2.75) is 12.8 Å². The van der Waals surface area contributed by atoms with Crippen molar-refractivity contribution in [2.75, 3.05) is 4.90 Å². The Labute approximate surface area is 330 Å². The van der Waals surface area contributed by atoms with E-state index in [2.05, 4.69) is 205 Å². The molecule has 0 unspecified atom stereocenters. The molecular weight excluding hydrogens is 695 g/mol. The monoisotopic (exact) mass is 731 g/mol. The molecule has 0 aliphatic heterocycles. The van der Waals surface area contributed by atoms with Gasteiger partial charge in [-0.15, -0.1) is 11.3 Å². The number of hydrogen-bond donors (Lipinski definition) is 0. The Kier molecular flexibility index (Phi) is 7.89. The zero-order valence-electron chi connectivity index (χ0n) is 30.8. The van der Waals surface area contributed by atoms with Gasteiger partial charge in [-0.1, -0.05) is 152 Å². The van der Waals surface area contributed by atoms with E-state index in [1.165, 1.54) is 97.3 Å². The third-order valence-electron chi connectivity index (χ3n) is 11.6. The fraction of sp³-hybridized carbons (Fsp3) is 0.0370. The molecule has 0 saturated carbocycles. The molecule has 1 aromatic heterocycles. The van der Waals surface area contributed by atoms with Crippen molar-refractivity contribution in [3.63, 3.8) is 0 Å². The first-order valence-electron chi connectivity index (χ1n) is 19.5. The standard InChI is InChI=1S/C54H37NS/c1-2-10-36(11-3-1)37-24-29-44(30-25-37)55(46-14-8-13-42(35-46)48-17-9-19-52-54(48)50-16-6-7-18-51(50)56-52)45-31-26-38(27-32-45)41-28-33-49-43(34-41)23-22-40-21-20-39-12-4-5-15-47(39)53(40)49/h1-26,28-31,33-35H,27,32H2. The van der Waals surface area contributed by atoms with Crippen LogP contribution in [-0.2, 0) is 0 Å². The first-order chi connectivity index (χ1) is 27.7. The van der Waals surface area contributed by atoms with Crippen LogP contribution in [0.5, 0.6) is 0 Å². The maximum atomic E-state index is 2.47. The second kappa shape index (κ2) is 13.5. The van der Waals surface area contributed by atoms with E-state index in [1.54, 1.807) is 0 Å². The van der Waals surface area contributed by atoms with Gasteiger partial charge < -0.3 is 4.90 Å². The first kappa shape index (κ1) is 32.7. The van der Waals surface area contributed by atoms with E-state index in [-0.39, 0.29) is 0 Å². The predicted molar refractivity (Wildman–Crippen MR) is 243 cm³/mol. The second-order valence-electron chi connectivity index (χ2n) is 14.8. The van der Waals surface area contributed by atoms with Crippen molar-refractivity contribution in [3.05, 3.63) is 211 Å². The molecule has 0 atom stereocenters. The normalized spacial score (nSPS) is 13.1. The maximum Gasteiger partial charge on any atom is 0.0464 e. The van der Waals surface area contributed by atoms with E-state index >= 15 is 0 Å². The summed E-state index contributed by atoms with van der Waals surface area (Å²) in [5.74, 6) is 0. The highest BCUT2D eigenvalue weighted by Gasteiger charge is 2.20. The van der Waals surface area contributed by atoms with E-state index in [9.17, 15) is 0 Å². The average molecular weight is 732 g/mol. The van der Waals surface area contributed by atoms with Crippen LogP contribution >= 0.6 is 11.3 Å². The quantitative estimate of drug-likeness (QED) is 0.154. The Morgan fingerprint density at radius 1 is 0.375 bits per heavy atom. The van der Waals surface area contributed by atoms with Crippen LogP contribution in [0, 0.1) is 0 Å². The van der Waals surface area contributed by atoms with Gasteiger partial charge in [0.15, 0.2) is 0 Å². The molecule has 0 fully saturated rings. The van der Waals surface area contributed by atoms with Gasteiger partial charge in [-0.2, -0.15) is 0 Å². The Morgan fingerprint density at radius 3 is 1.91 bits per heavy atom. The largest absolute Gasteiger partial charge is 0.314 e. The summed E-state index contributed by atoms with van der Waals surface area (Å²) in [6.45, 7) is 0. The molecule has 0 saturated heterocycles. The molecule has 264 valence electrons. The zero-order chi connectivity index (χ0) is 37.0. The number of thiophene rings is 1. The molecule has 1 heterocycles. The van der Waals surface area contributed by atoms with Crippen LogP contribution in [-0.4, -0.2) is 0 Å². The van der Waals surface area contributed by atoms with Crippen LogP contribution in [0.1, 0.15) is 18.4 Å². The molecule has 0 radical (unpaired) electrons. The minimum Gasteiger partial charge on any atom is -0.314 e. The van der Waals surface area contributed by atoms with Gasteiger partial charge in [0, 0.05) is 37.2 Å². The van der Waals surface area contributed by atoms with Gasteiger partial charge in [0.05, 0.1) is 0 Å². The van der Waals surface area contributed by atoms with Crippen LogP contribution < -0.4 is 4.90 Å². The number of allylic oxidation sites excluding steroid dienone is 4. The fourth-order valence-electron chi connectivity index (χ4n) is 8.83. The summed E-state index contributed by atoms with van der Waals surface area (Å²) in [6, 6.07) is 69.2. The van der Waals surface area contributed by atoms with Crippen molar-refractivity contribution < 1.29 is 0 Å². The number of benzene rings is 9. The first-order valence-corrected chi connectivity index (χ1v) is 20.3. The minimum absolute atomic E-state index is 0.932. The Bertz CT molecular complexity index is 3180. The van der Waals surface area contributed by atoms with Crippen molar-refractivity contribution in [1.82, 2.24) is 0 Å². The number of fused-ring (bicyclic) bond motifs is 8. The molecule has 10 aromatic rings. The summed E-state index contributed by atoms with van der Waals surface area (Å²) >= 11 is 1.87. The molecule has 0 bridgehead atoms. The highest BCUT2D eigenvalue weighted by molar-refractivity contribution is 7.25. The molecule has 56 heavy (non-hydrogen) atoms. The molecule has 1 aliphatic rings. The lowest BCUT2D eigenvalue weighted by atomic mass is 9.91. The Hall–Kier alpha value is -6.74. The lowest BCUT2D eigenvalue weighted by Gasteiger charge is -2.30. The third kappa shape index (κ3) is 5.61. The van der Waals surface area contributed by atoms with E-state index < -0.39 is 0 Å². The van der Waals surface area contributed by atoms with Crippen LogP contribution in [0.25, 0.3) is 80.3 Å². The van der Waals surface area contributed by atoms with E-state index in [0.29, 0.717) is 0 Å². The fourth-order valence-corrected chi connectivity index (χ4v) is 9.96. The van der Waals surface area contributed by atoms with Crippen molar-refractivity contribution in [2.24, 2.45) is 0 Å². The smallest absolute Gasteiger partial charge is 0.0464 e. The van der Waals surface area contributed by atoms with Crippen molar-refractivity contribution >= 4 is 80.8 Å². The molecule has 0 N–H and O–H groups in total. The summed E-state index contributed by atoms with van der Waals surface area (Å²) in [6.07, 6.45) is 6.60. The second-order valence-corrected chi connectivity index (χ2v) is 15.9. The summed E-state index contributed by atoms with van der Waals surface area (Å²) in [7, 11) is 0. The van der Waals surface area contributed by atoms with Gasteiger partial charge >= 0.3 is 0 Å². The lowest BCUT2D eigenvalue weighted by Crippen LogP contribution is -2.18. The zero-order valence-corrected chi connectivity index (χ0v) is 31.6. The molecule has 11 rings (SSSR count). The van der Waals surface area contributed by atoms with Crippen molar-refractivity contribution in [3.8, 4) is 22.3 Å². The van der Waals surface area contributed by atoms with Crippen LogP contribution in [0.3, 0.4) is 0 Å². The molecular formula is C54H37NS. The molecule has 0 spiro atoms. The number of rotatable bonds is 6. The van der Waals surface area contributed by atoms with Gasteiger partial charge in [-0.3, -0.25) is 0 Å². The van der Waals surface area contributed by atoms with Gasteiger partial charge in [-0.25, -0.2) is 0 Å². The van der Waals surface area contributed by atoms with Gasteiger partial charge in [0.25, 0.3) is 0 Å². The number of anilines is 2. The highest BCUT2D eigenvalue weighted by atomic mass is 32.1. The maximum absolute atomic E-state index is 2.47. The van der Waals surface area contributed by atoms with Crippen LogP contribution in [0.2, 0.25) is 0 Å². The van der Waals surface area contributed by atoms with Crippen LogP contribution in [0.15, 0.2) is 206 Å². The summed E-state index contributed by atoms with van der Waals surface area (Å²) in [4.78, 5) is 2.47. The summed E-state index contributed by atoms with van der Waals surface area (Å²) in [5.41, 5.74) is 11.2. The van der Waals surface area contributed by atoms with Gasteiger partial charge in [-0.05, 0) is 127 Å². The number of hydrogen-bond acceptors (Lipinski definition) is 2. The highest BCUT2D eigenvalue weighted by Crippen LogP contribution is 2.43. The average Bonchev–Trinajstić information content (AvgIpc) is 3.66. The summed E-state index contributed by atoms with van der Waals surface area (Å²) in [5, 5.41) is 10.5. The van der Waals surface area contributed by atoms with E-state index in [4.69, 9.17) is 0 Å². The molecule has 1 nitrogen and oxygen atoms in total. The molecule has 9 aromatic carbocycles. The van der Waals surface area contributed by atoms with Crippen molar-refractivity contribution in [1.29, 1.82) is 0 Å². The Morgan fingerprint density at radius 2 is 1.05 bits per heavy atom. The number of nitrogens with zero attached hydrogens (tertiary/aromatic N) is 1. The topological polar surface area (TPSA) is 3.24 Å². The van der Waals surface area contributed by atoms with E-state index in [1.807, 2.05) is 11.3 Å². The third-order valence-corrected chi connectivity index (χ3v) is 12.7.